The van der Waals surface area contributed by atoms with Gasteiger partial charge in [-0.2, -0.15) is 0 Å². The van der Waals surface area contributed by atoms with E-state index in [0.29, 0.717) is 24.4 Å². The lowest BCUT2D eigenvalue weighted by Crippen LogP contribution is -2.35. The summed E-state index contributed by atoms with van der Waals surface area (Å²) in [4.78, 5) is 38.3. The Morgan fingerprint density at radius 1 is 0.806 bits per heavy atom. The van der Waals surface area contributed by atoms with Crippen LogP contribution in [-0.4, -0.2) is 44.7 Å². The first-order chi connectivity index (χ1) is 15.2. The largest absolute Gasteiger partial charge is 0.366 e. The lowest BCUT2D eigenvalue weighted by molar-refractivity contribution is -0.138. The van der Waals surface area contributed by atoms with Gasteiger partial charge in [0.05, 0.1) is 12.1 Å². The molecule has 0 unspecified atom stereocenters. The number of likely N-dealkylation sites (N-methyl/N-ethyl adjacent to an activating group) is 1. The summed E-state index contributed by atoms with van der Waals surface area (Å²) in [5, 5.41) is 0. The topological polar surface area (TPSA) is 66.4 Å². The standard InChI is InChI=1S/C25H24N4O2/c1-2-28(17-12-19-8-13-26-14-9-19)23-22(21-6-4-3-5-7-21)24(30)29(25(23)31)18-20-10-15-27-16-11-20/h3-11,13-16H,2,12,17-18H2,1H3. The van der Waals surface area contributed by atoms with E-state index >= 15 is 0 Å². The highest BCUT2D eigenvalue weighted by Gasteiger charge is 2.41. The van der Waals surface area contributed by atoms with Crippen molar-refractivity contribution in [3.63, 3.8) is 0 Å². The molecule has 156 valence electrons. The highest BCUT2D eigenvalue weighted by atomic mass is 16.2. The highest BCUT2D eigenvalue weighted by Crippen LogP contribution is 2.32. The van der Waals surface area contributed by atoms with Gasteiger partial charge in [-0.3, -0.25) is 24.5 Å². The van der Waals surface area contributed by atoms with Crippen LogP contribution in [0.4, 0.5) is 0 Å². The number of aromatic nitrogens is 2. The molecule has 1 aromatic carbocycles. The molecule has 1 aliphatic rings. The lowest BCUT2D eigenvalue weighted by Gasteiger charge is -2.25. The smallest absolute Gasteiger partial charge is 0.278 e. The minimum atomic E-state index is -0.259. The molecule has 3 heterocycles. The first-order valence-corrected chi connectivity index (χ1v) is 10.4. The Morgan fingerprint density at radius 2 is 1.42 bits per heavy atom. The first-order valence-electron chi connectivity index (χ1n) is 10.4. The Balaban J connectivity index is 1.68. The van der Waals surface area contributed by atoms with Crippen molar-refractivity contribution in [2.75, 3.05) is 13.1 Å². The fraction of sp³-hybridized carbons (Fsp3) is 0.200. The van der Waals surface area contributed by atoms with E-state index < -0.39 is 0 Å². The monoisotopic (exact) mass is 412 g/mol. The van der Waals surface area contributed by atoms with E-state index in [0.717, 1.165) is 23.1 Å². The quantitative estimate of drug-likeness (QED) is 0.531. The molecule has 3 aromatic rings. The Labute approximate surface area is 181 Å². The predicted octanol–water partition coefficient (Wildman–Crippen LogP) is 3.32. The molecule has 0 saturated heterocycles. The fourth-order valence-corrected chi connectivity index (χ4v) is 3.78. The van der Waals surface area contributed by atoms with Crippen LogP contribution in [0.1, 0.15) is 23.6 Å². The second-order valence-electron chi connectivity index (χ2n) is 7.33. The number of hydrogen-bond acceptors (Lipinski definition) is 5. The van der Waals surface area contributed by atoms with Crippen LogP contribution in [0.5, 0.6) is 0 Å². The molecule has 0 aliphatic carbocycles. The van der Waals surface area contributed by atoms with Crippen molar-refractivity contribution in [2.24, 2.45) is 0 Å². The van der Waals surface area contributed by atoms with Crippen molar-refractivity contribution in [3.05, 3.63) is 102 Å². The number of carbonyl (C=O) groups excluding carboxylic acids is 2. The van der Waals surface area contributed by atoms with E-state index in [2.05, 4.69) is 9.97 Å². The van der Waals surface area contributed by atoms with Gasteiger partial charge in [0.1, 0.15) is 5.70 Å². The van der Waals surface area contributed by atoms with Crippen LogP contribution in [0.15, 0.2) is 85.1 Å². The van der Waals surface area contributed by atoms with Gasteiger partial charge in [-0.05, 0) is 54.3 Å². The van der Waals surface area contributed by atoms with Crippen molar-refractivity contribution in [1.29, 1.82) is 0 Å². The van der Waals surface area contributed by atoms with Crippen LogP contribution in [-0.2, 0) is 22.6 Å². The van der Waals surface area contributed by atoms with Gasteiger partial charge in [0.25, 0.3) is 11.8 Å². The van der Waals surface area contributed by atoms with Crippen molar-refractivity contribution < 1.29 is 9.59 Å². The average molecular weight is 412 g/mol. The van der Waals surface area contributed by atoms with Crippen LogP contribution < -0.4 is 0 Å². The molecule has 0 spiro atoms. The molecule has 0 saturated carbocycles. The van der Waals surface area contributed by atoms with Crippen molar-refractivity contribution >= 4 is 17.4 Å². The van der Waals surface area contributed by atoms with Gasteiger partial charge in [-0.15, -0.1) is 0 Å². The molecule has 1 aliphatic heterocycles. The van der Waals surface area contributed by atoms with Gasteiger partial charge >= 0.3 is 0 Å². The summed E-state index contributed by atoms with van der Waals surface area (Å²) < 4.78 is 0. The normalized spacial score (nSPS) is 13.8. The number of hydrogen-bond donors (Lipinski definition) is 0. The minimum Gasteiger partial charge on any atom is -0.366 e. The summed E-state index contributed by atoms with van der Waals surface area (Å²) in [5.74, 6) is -0.511. The van der Waals surface area contributed by atoms with Gasteiger partial charge in [-0.25, -0.2) is 0 Å². The van der Waals surface area contributed by atoms with Gasteiger partial charge in [0, 0.05) is 37.9 Å². The van der Waals surface area contributed by atoms with E-state index in [1.54, 1.807) is 24.8 Å². The molecule has 0 fully saturated rings. The van der Waals surface area contributed by atoms with E-state index in [1.165, 1.54) is 4.90 Å². The summed E-state index contributed by atoms with van der Waals surface area (Å²) in [6.45, 7) is 3.49. The van der Waals surface area contributed by atoms with Crippen LogP contribution in [0.25, 0.3) is 5.57 Å². The van der Waals surface area contributed by atoms with Crippen LogP contribution in [0.2, 0.25) is 0 Å². The molecule has 6 nitrogen and oxygen atoms in total. The van der Waals surface area contributed by atoms with Gasteiger partial charge < -0.3 is 4.90 Å². The molecule has 2 amide bonds. The molecule has 0 bridgehead atoms. The zero-order chi connectivity index (χ0) is 21.6. The molecule has 0 atom stereocenters. The summed E-state index contributed by atoms with van der Waals surface area (Å²) in [5.41, 5.74) is 3.71. The third kappa shape index (κ3) is 4.38. The van der Waals surface area contributed by atoms with Crippen molar-refractivity contribution in [1.82, 2.24) is 19.8 Å². The van der Waals surface area contributed by atoms with E-state index in [4.69, 9.17) is 0 Å². The van der Waals surface area contributed by atoms with Crippen LogP contribution in [0.3, 0.4) is 0 Å². The number of nitrogens with zero attached hydrogens (tertiary/aromatic N) is 4. The molecule has 31 heavy (non-hydrogen) atoms. The Hall–Kier alpha value is -3.80. The zero-order valence-electron chi connectivity index (χ0n) is 17.4. The molecular formula is C25H24N4O2. The molecule has 0 radical (unpaired) electrons. The number of amides is 2. The van der Waals surface area contributed by atoms with E-state index in [9.17, 15) is 9.59 Å². The fourth-order valence-electron chi connectivity index (χ4n) is 3.78. The van der Waals surface area contributed by atoms with E-state index in [-0.39, 0.29) is 18.4 Å². The Kier molecular flexibility index (Phi) is 6.17. The van der Waals surface area contributed by atoms with Crippen LogP contribution >= 0.6 is 0 Å². The maximum Gasteiger partial charge on any atom is 0.278 e. The van der Waals surface area contributed by atoms with Gasteiger partial charge in [-0.1, -0.05) is 30.3 Å². The zero-order valence-corrected chi connectivity index (χ0v) is 17.4. The minimum absolute atomic E-state index is 0.224. The Bertz CT molecular complexity index is 1080. The second-order valence-corrected chi connectivity index (χ2v) is 7.33. The lowest BCUT2D eigenvalue weighted by atomic mass is 10.0. The van der Waals surface area contributed by atoms with Crippen LogP contribution in [0, 0.1) is 0 Å². The van der Waals surface area contributed by atoms with Gasteiger partial charge in [0.15, 0.2) is 0 Å². The summed E-state index contributed by atoms with van der Waals surface area (Å²) in [6, 6.07) is 17.0. The molecule has 0 N–H and O–H groups in total. The predicted molar refractivity (Wildman–Crippen MR) is 118 cm³/mol. The number of benzene rings is 1. The highest BCUT2D eigenvalue weighted by molar-refractivity contribution is 6.35. The second kappa shape index (κ2) is 9.34. The van der Waals surface area contributed by atoms with E-state index in [1.807, 2.05) is 66.4 Å². The van der Waals surface area contributed by atoms with Crippen molar-refractivity contribution in [2.45, 2.75) is 19.9 Å². The molecule has 2 aromatic heterocycles. The Morgan fingerprint density at radius 3 is 2.03 bits per heavy atom. The third-order valence-electron chi connectivity index (χ3n) is 5.41. The average Bonchev–Trinajstić information content (AvgIpc) is 3.06. The maximum atomic E-state index is 13.5. The number of rotatable bonds is 8. The van der Waals surface area contributed by atoms with Gasteiger partial charge in [0.2, 0.25) is 0 Å². The number of pyridine rings is 2. The molecule has 6 heteroatoms. The summed E-state index contributed by atoms with van der Waals surface area (Å²) in [6.07, 6.45) is 7.62. The molecule has 4 rings (SSSR count). The SMILES string of the molecule is CCN(CCc1ccncc1)C1=C(c2ccccc2)C(=O)N(Cc2ccncc2)C1=O. The molecular weight excluding hydrogens is 388 g/mol. The number of carbonyl (C=O) groups is 2. The van der Waals surface area contributed by atoms with Crippen molar-refractivity contribution in [3.8, 4) is 0 Å². The third-order valence-corrected chi connectivity index (χ3v) is 5.41. The first kappa shape index (κ1) is 20.5. The summed E-state index contributed by atoms with van der Waals surface area (Å²) in [7, 11) is 0. The number of imide groups is 1. The summed E-state index contributed by atoms with van der Waals surface area (Å²) >= 11 is 0. The maximum absolute atomic E-state index is 13.5.